The maximum absolute atomic E-state index is 12.0. The average molecular weight is 298 g/mol. The molecule has 0 aromatic heterocycles. The maximum Gasteiger partial charge on any atom is 0.227 e. The number of anilines is 1. The molecule has 1 amide bonds. The first-order chi connectivity index (χ1) is 8.16. The minimum atomic E-state index is 0.0798. The number of hydrogen-bond donors (Lipinski definition) is 1. The van der Waals surface area contributed by atoms with Crippen molar-refractivity contribution < 1.29 is 9.53 Å². The van der Waals surface area contributed by atoms with E-state index < -0.39 is 0 Å². The van der Waals surface area contributed by atoms with Crippen LogP contribution in [-0.2, 0) is 9.53 Å². The fourth-order valence-corrected chi connectivity index (χ4v) is 2.28. The van der Waals surface area contributed by atoms with Gasteiger partial charge >= 0.3 is 0 Å². The molecule has 0 radical (unpaired) electrons. The Labute approximate surface area is 110 Å². The summed E-state index contributed by atoms with van der Waals surface area (Å²) in [6.45, 7) is 3.39. The van der Waals surface area contributed by atoms with E-state index in [1.165, 1.54) is 0 Å². The van der Waals surface area contributed by atoms with Crippen LogP contribution in [0.1, 0.15) is 18.4 Å². The van der Waals surface area contributed by atoms with Crippen LogP contribution in [0.25, 0.3) is 0 Å². The molecule has 2 rings (SSSR count). The van der Waals surface area contributed by atoms with E-state index in [0.29, 0.717) is 13.2 Å². The summed E-state index contributed by atoms with van der Waals surface area (Å²) in [5, 5.41) is 2.98. The molecule has 1 aliphatic heterocycles. The van der Waals surface area contributed by atoms with Gasteiger partial charge in [0.25, 0.3) is 0 Å². The zero-order valence-electron chi connectivity index (χ0n) is 9.83. The maximum atomic E-state index is 12.0. The van der Waals surface area contributed by atoms with Gasteiger partial charge in [0.2, 0.25) is 5.91 Å². The molecule has 0 spiro atoms. The highest BCUT2D eigenvalue weighted by Gasteiger charge is 2.21. The quantitative estimate of drug-likeness (QED) is 0.911. The predicted molar refractivity (Wildman–Crippen MR) is 71.1 cm³/mol. The van der Waals surface area contributed by atoms with Crippen LogP contribution in [0.3, 0.4) is 0 Å². The molecule has 1 saturated heterocycles. The Bertz CT molecular complexity index is 414. The van der Waals surface area contributed by atoms with Gasteiger partial charge in [-0.1, -0.05) is 6.07 Å². The van der Waals surface area contributed by atoms with Gasteiger partial charge in [0, 0.05) is 23.6 Å². The molecule has 1 aromatic rings. The zero-order chi connectivity index (χ0) is 12.3. The van der Waals surface area contributed by atoms with Gasteiger partial charge in [0.05, 0.1) is 5.69 Å². The monoisotopic (exact) mass is 297 g/mol. The minimum absolute atomic E-state index is 0.0798. The van der Waals surface area contributed by atoms with Gasteiger partial charge in [0.15, 0.2) is 0 Å². The molecule has 1 aromatic carbocycles. The van der Waals surface area contributed by atoms with Crippen molar-refractivity contribution in [2.45, 2.75) is 19.8 Å². The van der Waals surface area contributed by atoms with E-state index in [4.69, 9.17) is 4.74 Å². The van der Waals surface area contributed by atoms with Crippen molar-refractivity contribution in [2.75, 3.05) is 18.5 Å². The Morgan fingerprint density at radius 2 is 2.12 bits per heavy atom. The van der Waals surface area contributed by atoms with Crippen molar-refractivity contribution in [2.24, 2.45) is 5.92 Å². The summed E-state index contributed by atoms with van der Waals surface area (Å²) < 4.78 is 6.17. The molecule has 92 valence electrons. The molecule has 0 atom stereocenters. The SMILES string of the molecule is Cc1ccc(Br)c(NC(=O)C2CCOCC2)c1. The molecule has 0 aliphatic carbocycles. The number of carbonyl (C=O) groups excluding carboxylic acids is 1. The van der Waals surface area contributed by atoms with E-state index in [1.54, 1.807) is 0 Å². The highest BCUT2D eigenvalue weighted by atomic mass is 79.9. The van der Waals surface area contributed by atoms with Gasteiger partial charge in [-0.25, -0.2) is 0 Å². The first kappa shape index (κ1) is 12.6. The van der Waals surface area contributed by atoms with Gasteiger partial charge in [-0.3, -0.25) is 4.79 Å². The molecule has 1 heterocycles. The summed E-state index contributed by atoms with van der Waals surface area (Å²) in [7, 11) is 0. The fraction of sp³-hybridized carbons (Fsp3) is 0.462. The molecule has 1 aliphatic rings. The fourth-order valence-electron chi connectivity index (χ4n) is 1.93. The van der Waals surface area contributed by atoms with E-state index in [9.17, 15) is 4.79 Å². The van der Waals surface area contributed by atoms with Gasteiger partial charge in [0.1, 0.15) is 0 Å². The zero-order valence-corrected chi connectivity index (χ0v) is 11.4. The van der Waals surface area contributed by atoms with Crippen LogP contribution in [-0.4, -0.2) is 19.1 Å². The molecular formula is C13H16BrNO2. The highest BCUT2D eigenvalue weighted by Crippen LogP contribution is 2.25. The number of rotatable bonds is 2. The summed E-state index contributed by atoms with van der Waals surface area (Å²) in [6.07, 6.45) is 1.63. The van der Waals surface area contributed by atoms with E-state index in [1.807, 2.05) is 25.1 Å². The van der Waals surface area contributed by atoms with Crippen LogP contribution in [0.2, 0.25) is 0 Å². The average Bonchev–Trinajstić information content (AvgIpc) is 2.35. The molecule has 1 fully saturated rings. The molecular weight excluding hydrogens is 282 g/mol. The summed E-state index contributed by atoms with van der Waals surface area (Å²) >= 11 is 3.44. The number of ether oxygens (including phenoxy) is 1. The Morgan fingerprint density at radius 3 is 2.82 bits per heavy atom. The number of carbonyl (C=O) groups is 1. The lowest BCUT2D eigenvalue weighted by molar-refractivity contribution is -0.122. The van der Waals surface area contributed by atoms with E-state index in [2.05, 4.69) is 21.2 Å². The molecule has 17 heavy (non-hydrogen) atoms. The Balaban J connectivity index is 2.04. The minimum Gasteiger partial charge on any atom is -0.381 e. The second-order valence-electron chi connectivity index (χ2n) is 4.36. The molecule has 3 nitrogen and oxygen atoms in total. The van der Waals surface area contributed by atoms with Crippen LogP contribution in [0.4, 0.5) is 5.69 Å². The molecule has 0 saturated carbocycles. The predicted octanol–water partition coefficient (Wildman–Crippen LogP) is 3.12. The number of halogens is 1. The largest absolute Gasteiger partial charge is 0.381 e. The standard InChI is InChI=1S/C13H16BrNO2/c1-9-2-3-11(14)12(8-9)15-13(16)10-4-6-17-7-5-10/h2-3,8,10H,4-7H2,1H3,(H,15,16). The summed E-state index contributed by atoms with van der Waals surface area (Å²) in [5.41, 5.74) is 1.98. The molecule has 0 bridgehead atoms. The third-order valence-corrected chi connectivity index (χ3v) is 3.66. The van der Waals surface area contributed by atoms with Crippen LogP contribution in [0.15, 0.2) is 22.7 Å². The number of hydrogen-bond acceptors (Lipinski definition) is 2. The molecule has 4 heteroatoms. The second-order valence-corrected chi connectivity index (χ2v) is 5.21. The molecule has 0 unspecified atom stereocenters. The van der Waals surface area contributed by atoms with Crippen LogP contribution in [0.5, 0.6) is 0 Å². The normalized spacial score (nSPS) is 16.8. The van der Waals surface area contributed by atoms with E-state index >= 15 is 0 Å². The Kier molecular flexibility index (Phi) is 4.18. The number of benzene rings is 1. The summed E-state index contributed by atoms with van der Waals surface area (Å²) in [4.78, 5) is 12.0. The van der Waals surface area contributed by atoms with Crippen molar-refractivity contribution in [1.82, 2.24) is 0 Å². The lowest BCUT2D eigenvalue weighted by atomic mass is 9.99. The third-order valence-electron chi connectivity index (χ3n) is 2.97. The number of aryl methyl sites for hydroxylation is 1. The second kappa shape index (κ2) is 5.65. The third kappa shape index (κ3) is 3.30. The van der Waals surface area contributed by atoms with Crippen molar-refractivity contribution in [3.8, 4) is 0 Å². The lowest BCUT2D eigenvalue weighted by Gasteiger charge is -2.21. The van der Waals surface area contributed by atoms with Gasteiger partial charge in [-0.15, -0.1) is 0 Å². The first-order valence-electron chi connectivity index (χ1n) is 5.81. The van der Waals surface area contributed by atoms with Gasteiger partial charge < -0.3 is 10.1 Å². The lowest BCUT2D eigenvalue weighted by Crippen LogP contribution is -2.28. The molecule has 1 N–H and O–H groups in total. The summed E-state index contributed by atoms with van der Waals surface area (Å²) in [6, 6.07) is 5.93. The van der Waals surface area contributed by atoms with Crippen molar-refractivity contribution in [3.05, 3.63) is 28.2 Å². The van der Waals surface area contributed by atoms with Crippen molar-refractivity contribution in [3.63, 3.8) is 0 Å². The summed E-state index contributed by atoms with van der Waals surface area (Å²) in [5.74, 6) is 0.177. The van der Waals surface area contributed by atoms with E-state index in [-0.39, 0.29) is 11.8 Å². The smallest absolute Gasteiger partial charge is 0.227 e. The first-order valence-corrected chi connectivity index (χ1v) is 6.61. The van der Waals surface area contributed by atoms with Crippen molar-refractivity contribution in [1.29, 1.82) is 0 Å². The number of amides is 1. The van der Waals surface area contributed by atoms with E-state index in [0.717, 1.165) is 28.6 Å². The Morgan fingerprint density at radius 1 is 1.41 bits per heavy atom. The van der Waals surface area contributed by atoms with Crippen LogP contribution < -0.4 is 5.32 Å². The number of nitrogens with one attached hydrogen (secondary N) is 1. The van der Waals surface area contributed by atoms with Crippen LogP contribution in [0, 0.1) is 12.8 Å². The van der Waals surface area contributed by atoms with Gasteiger partial charge in [-0.2, -0.15) is 0 Å². The Hall–Kier alpha value is -0.870. The van der Waals surface area contributed by atoms with Crippen LogP contribution >= 0.6 is 15.9 Å². The topological polar surface area (TPSA) is 38.3 Å². The highest BCUT2D eigenvalue weighted by molar-refractivity contribution is 9.10. The van der Waals surface area contributed by atoms with Gasteiger partial charge in [-0.05, 0) is 53.4 Å². The van der Waals surface area contributed by atoms with Crippen molar-refractivity contribution >= 4 is 27.5 Å².